The van der Waals surface area contributed by atoms with Crippen LogP contribution in [0.25, 0.3) is 0 Å². The maximum Gasteiger partial charge on any atom is 0.193 e. The summed E-state index contributed by atoms with van der Waals surface area (Å²) in [6.45, 7) is 5.44. The minimum absolute atomic E-state index is 0. The number of guanidine groups is 1. The van der Waals surface area contributed by atoms with Gasteiger partial charge in [0, 0.05) is 20.1 Å². The number of aliphatic imine (C=N–C) groups is 1. The Morgan fingerprint density at radius 1 is 1.27 bits per heavy atom. The summed E-state index contributed by atoms with van der Waals surface area (Å²) in [5.74, 6) is 2.39. The van der Waals surface area contributed by atoms with Crippen LogP contribution in [0, 0.1) is 0 Å². The fourth-order valence-corrected chi connectivity index (χ4v) is 4.03. The van der Waals surface area contributed by atoms with Gasteiger partial charge in [0.1, 0.15) is 18.1 Å². The molecule has 1 N–H and O–H groups in total. The number of nitrogens with zero attached hydrogens (tertiary/aromatic N) is 2. The van der Waals surface area contributed by atoms with Crippen LogP contribution in [0.1, 0.15) is 13.8 Å². The van der Waals surface area contributed by atoms with E-state index in [1.165, 1.54) is 0 Å². The van der Waals surface area contributed by atoms with Gasteiger partial charge in [-0.2, -0.15) is 0 Å². The summed E-state index contributed by atoms with van der Waals surface area (Å²) in [7, 11) is 0.259. The van der Waals surface area contributed by atoms with Crippen molar-refractivity contribution in [3.63, 3.8) is 0 Å². The third-order valence-electron chi connectivity index (χ3n) is 4.27. The number of sulfone groups is 1. The molecule has 9 heteroatoms. The smallest absolute Gasteiger partial charge is 0.193 e. The summed E-state index contributed by atoms with van der Waals surface area (Å²) in [5, 5.41) is 3.23. The van der Waals surface area contributed by atoms with E-state index in [0.29, 0.717) is 32.2 Å². The Bertz CT molecular complexity index is 705. The topological polar surface area (TPSA) is 80.2 Å². The Labute approximate surface area is 173 Å². The van der Waals surface area contributed by atoms with E-state index in [-0.39, 0.29) is 29.7 Å². The highest BCUT2D eigenvalue weighted by molar-refractivity contribution is 14.0. The van der Waals surface area contributed by atoms with E-state index in [9.17, 15) is 8.42 Å². The van der Waals surface area contributed by atoms with Crippen LogP contribution in [0.4, 0.5) is 0 Å². The SMILES string of the molecule is CN=C(NCCOc1ccc(OC)cc1)N1CCS(=O)(=O)C(C)(C)C1.I. The number of benzene rings is 1. The van der Waals surface area contributed by atoms with Crippen molar-refractivity contribution in [3.05, 3.63) is 24.3 Å². The number of ether oxygens (including phenoxy) is 2. The molecule has 0 atom stereocenters. The van der Waals surface area contributed by atoms with Gasteiger partial charge in [-0.05, 0) is 38.1 Å². The van der Waals surface area contributed by atoms with Crippen molar-refractivity contribution in [1.82, 2.24) is 10.2 Å². The molecule has 1 aliphatic rings. The standard InChI is InChI=1S/C17H27N3O4S.HI/c1-17(2)13-20(10-12-25(17,21)22)16(18-3)19-9-11-24-15-7-5-14(23-4)6-8-15;/h5-8H,9-13H2,1-4H3,(H,18,19);1H. The molecule has 1 aromatic carbocycles. The zero-order valence-corrected chi connectivity index (χ0v) is 18.8. The van der Waals surface area contributed by atoms with Crippen molar-refractivity contribution in [2.75, 3.05) is 46.2 Å². The van der Waals surface area contributed by atoms with Gasteiger partial charge in [-0.25, -0.2) is 8.42 Å². The molecule has 0 saturated carbocycles. The molecule has 0 aromatic heterocycles. The summed E-state index contributed by atoms with van der Waals surface area (Å²) < 4.78 is 34.2. The zero-order chi connectivity index (χ0) is 18.5. The second kappa shape index (κ2) is 9.63. The fraction of sp³-hybridized carbons (Fsp3) is 0.588. The lowest BCUT2D eigenvalue weighted by Gasteiger charge is -2.39. The first-order valence-electron chi connectivity index (χ1n) is 8.24. The van der Waals surface area contributed by atoms with Crippen LogP contribution in [0.5, 0.6) is 11.5 Å². The average Bonchev–Trinajstić information content (AvgIpc) is 2.58. The second-order valence-corrected chi connectivity index (χ2v) is 9.24. The van der Waals surface area contributed by atoms with Gasteiger partial charge in [0.2, 0.25) is 0 Å². The van der Waals surface area contributed by atoms with Crippen molar-refractivity contribution in [2.24, 2.45) is 4.99 Å². The van der Waals surface area contributed by atoms with Crippen LogP contribution in [0.2, 0.25) is 0 Å². The van der Waals surface area contributed by atoms with Gasteiger partial charge in [-0.1, -0.05) is 0 Å². The number of rotatable bonds is 5. The molecule has 1 saturated heterocycles. The third-order valence-corrected chi connectivity index (χ3v) is 6.80. The Morgan fingerprint density at radius 2 is 1.88 bits per heavy atom. The van der Waals surface area contributed by atoms with E-state index in [1.54, 1.807) is 28.0 Å². The maximum absolute atomic E-state index is 12.1. The van der Waals surface area contributed by atoms with Crippen molar-refractivity contribution in [3.8, 4) is 11.5 Å². The summed E-state index contributed by atoms with van der Waals surface area (Å²) in [6, 6.07) is 7.40. The van der Waals surface area contributed by atoms with Gasteiger partial charge in [-0.3, -0.25) is 4.99 Å². The monoisotopic (exact) mass is 497 g/mol. The molecule has 0 radical (unpaired) electrons. The number of nitrogens with one attached hydrogen (secondary N) is 1. The first-order valence-corrected chi connectivity index (χ1v) is 9.89. The third kappa shape index (κ3) is 5.63. The van der Waals surface area contributed by atoms with Crippen LogP contribution < -0.4 is 14.8 Å². The lowest BCUT2D eigenvalue weighted by atomic mass is 10.2. The number of hydrogen-bond acceptors (Lipinski definition) is 5. The molecule has 2 rings (SSSR count). The molecule has 0 spiro atoms. The van der Waals surface area contributed by atoms with E-state index in [1.807, 2.05) is 29.2 Å². The van der Waals surface area contributed by atoms with Gasteiger partial charge in [0.15, 0.2) is 15.8 Å². The highest BCUT2D eigenvalue weighted by atomic mass is 127. The number of halogens is 1. The van der Waals surface area contributed by atoms with Crippen molar-refractivity contribution < 1.29 is 17.9 Å². The highest BCUT2D eigenvalue weighted by Crippen LogP contribution is 2.23. The second-order valence-electron chi connectivity index (χ2n) is 6.50. The van der Waals surface area contributed by atoms with Crippen molar-refractivity contribution in [1.29, 1.82) is 0 Å². The molecular formula is C17H28IN3O4S. The van der Waals surface area contributed by atoms with E-state index in [2.05, 4.69) is 10.3 Å². The molecule has 0 amide bonds. The predicted octanol–water partition coefficient (Wildman–Crippen LogP) is 1.78. The van der Waals surface area contributed by atoms with E-state index in [0.717, 1.165) is 11.5 Å². The summed E-state index contributed by atoms with van der Waals surface area (Å²) in [6.07, 6.45) is 0. The molecule has 1 heterocycles. The molecule has 7 nitrogen and oxygen atoms in total. The largest absolute Gasteiger partial charge is 0.497 e. The molecule has 0 bridgehead atoms. The van der Waals surface area contributed by atoms with Crippen LogP contribution in [0.3, 0.4) is 0 Å². The molecule has 1 aromatic rings. The average molecular weight is 497 g/mol. The lowest BCUT2D eigenvalue weighted by molar-refractivity contribution is 0.312. The van der Waals surface area contributed by atoms with Gasteiger partial charge < -0.3 is 19.7 Å². The van der Waals surface area contributed by atoms with E-state index < -0.39 is 14.6 Å². The molecule has 1 fully saturated rings. The Balaban J connectivity index is 0.00000338. The maximum atomic E-state index is 12.1. The van der Waals surface area contributed by atoms with Crippen molar-refractivity contribution in [2.45, 2.75) is 18.6 Å². The first-order chi connectivity index (χ1) is 11.8. The minimum Gasteiger partial charge on any atom is -0.497 e. The van der Waals surface area contributed by atoms with Gasteiger partial charge in [0.25, 0.3) is 0 Å². The molecule has 26 heavy (non-hydrogen) atoms. The van der Waals surface area contributed by atoms with Crippen molar-refractivity contribution >= 4 is 39.8 Å². The molecule has 148 valence electrons. The van der Waals surface area contributed by atoms with Crippen LogP contribution in [-0.4, -0.2) is 70.2 Å². The first kappa shape index (κ1) is 22.8. The molecule has 0 aliphatic carbocycles. The normalized spacial score (nSPS) is 18.6. The quantitative estimate of drug-likeness (QED) is 0.289. The van der Waals surface area contributed by atoms with E-state index in [4.69, 9.17) is 9.47 Å². The molecular weight excluding hydrogens is 469 g/mol. The molecule has 0 unspecified atom stereocenters. The fourth-order valence-electron chi connectivity index (χ4n) is 2.66. The summed E-state index contributed by atoms with van der Waals surface area (Å²) in [5.41, 5.74) is 0. The van der Waals surface area contributed by atoms with E-state index >= 15 is 0 Å². The minimum atomic E-state index is -3.06. The predicted molar refractivity (Wildman–Crippen MR) is 115 cm³/mol. The van der Waals surface area contributed by atoms with Crippen LogP contribution >= 0.6 is 24.0 Å². The lowest BCUT2D eigenvalue weighted by Crippen LogP contribution is -2.57. The summed E-state index contributed by atoms with van der Waals surface area (Å²) in [4.78, 5) is 6.24. The Hall–Kier alpha value is -1.23. The van der Waals surface area contributed by atoms with Crippen LogP contribution in [0.15, 0.2) is 29.3 Å². The number of hydrogen-bond donors (Lipinski definition) is 1. The van der Waals surface area contributed by atoms with Crippen LogP contribution in [-0.2, 0) is 9.84 Å². The zero-order valence-electron chi connectivity index (χ0n) is 15.7. The van der Waals surface area contributed by atoms with Gasteiger partial charge >= 0.3 is 0 Å². The Morgan fingerprint density at radius 3 is 2.42 bits per heavy atom. The van der Waals surface area contributed by atoms with Gasteiger partial charge in [-0.15, -0.1) is 24.0 Å². The molecule has 1 aliphatic heterocycles. The van der Waals surface area contributed by atoms with Gasteiger partial charge in [0.05, 0.1) is 24.2 Å². The number of methoxy groups -OCH3 is 1. The Kier molecular flexibility index (Phi) is 8.45. The highest BCUT2D eigenvalue weighted by Gasteiger charge is 2.40. The summed E-state index contributed by atoms with van der Waals surface area (Å²) >= 11 is 0.